The molecule has 0 amide bonds. The van der Waals surface area contributed by atoms with Gasteiger partial charge >= 0.3 is 0 Å². The van der Waals surface area contributed by atoms with Gasteiger partial charge in [-0.25, -0.2) is 8.42 Å². The Balaban J connectivity index is 3.18. The van der Waals surface area contributed by atoms with Gasteiger partial charge in [-0.05, 0) is 31.9 Å². The first-order valence-electron chi connectivity index (χ1n) is 7.28. The highest BCUT2D eigenvalue weighted by Gasteiger charge is 2.43. The number of hydrogen-bond acceptors (Lipinski definition) is 3. The number of aryl methyl sites for hydroxylation is 1. The summed E-state index contributed by atoms with van der Waals surface area (Å²) in [5.74, 6) is -0.100. The van der Waals surface area contributed by atoms with Crippen LogP contribution in [0.3, 0.4) is 0 Å². The Hall–Kier alpha value is -0.870. The highest BCUT2D eigenvalue weighted by molar-refractivity contribution is 7.94. The topological polar surface area (TPSA) is 51.2 Å². The number of sulfone groups is 1. The molecule has 1 aromatic rings. The third-order valence-electron chi connectivity index (χ3n) is 3.43. The van der Waals surface area contributed by atoms with Crippen LogP contribution in [0.2, 0.25) is 0 Å². The first-order chi connectivity index (χ1) is 9.76. The fourth-order valence-corrected chi connectivity index (χ4v) is 4.63. The molecule has 0 saturated heterocycles. The second kappa shape index (κ2) is 7.41. The van der Waals surface area contributed by atoms with Crippen molar-refractivity contribution in [3.05, 3.63) is 29.8 Å². The molecule has 0 heterocycles. The van der Waals surface area contributed by atoms with E-state index in [1.165, 1.54) is 0 Å². The molecule has 0 aliphatic rings. The average Bonchev–Trinajstić information content (AvgIpc) is 2.39. The van der Waals surface area contributed by atoms with Crippen molar-refractivity contribution in [2.75, 3.05) is 0 Å². The summed E-state index contributed by atoms with van der Waals surface area (Å²) in [6, 6.07) is 6.59. The van der Waals surface area contributed by atoms with Crippen molar-refractivity contribution in [2.24, 2.45) is 0 Å². The first kappa shape index (κ1) is 18.2. The quantitative estimate of drug-likeness (QED) is 0.669. The lowest BCUT2D eigenvalue weighted by molar-refractivity contribution is -0.119. The lowest BCUT2D eigenvalue weighted by atomic mass is 10.1. The summed E-state index contributed by atoms with van der Waals surface area (Å²) in [5.41, 5.74) is 0.978. The van der Waals surface area contributed by atoms with Gasteiger partial charge in [0.15, 0.2) is 14.0 Å². The van der Waals surface area contributed by atoms with Gasteiger partial charge in [-0.3, -0.25) is 4.79 Å². The maximum Gasteiger partial charge on any atom is 0.198 e. The number of alkyl halides is 1. The second-order valence-corrected chi connectivity index (χ2v) is 8.62. The van der Waals surface area contributed by atoms with Crippen LogP contribution in [0.1, 0.15) is 51.5 Å². The third kappa shape index (κ3) is 4.30. The van der Waals surface area contributed by atoms with Gasteiger partial charge in [-0.1, -0.05) is 38.0 Å². The van der Waals surface area contributed by atoms with Crippen molar-refractivity contribution in [3.8, 4) is 0 Å². The number of benzene rings is 1. The molecule has 0 aromatic heterocycles. The van der Waals surface area contributed by atoms with Crippen LogP contribution >= 0.6 is 11.6 Å². The van der Waals surface area contributed by atoms with E-state index in [1.54, 1.807) is 24.3 Å². The van der Waals surface area contributed by atoms with E-state index in [4.69, 9.17) is 11.6 Å². The number of carbonyl (C=O) groups is 1. The molecule has 21 heavy (non-hydrogen) atoms. The average molecular weight is 331 g/mol. The SMILES string of the molecule is CCCC(=O)C[C@@](Cl)(CCC)S(=O)(=O)c1ccc(C)cc1. The molecule has 0 saturated carbocycles. The van der Waals surface area contributed by atoms with Crippen LogP contribution in [-0.4, -0.2) is 18.4 Å². The standard InChI is InChI=1S/C16H23ClO3S/c1-4-6-14(18)12-16(17,11-5-2)21(19,20)15-9-7-13(3)8-10-15/h7-10H,4-6,11-12H2,1-3H3/t16-/m1/s1. The molecule has 0 bridgehead atoms. The molecule has 1 atom stereocenters. The number of halogens is 1. The van der Waals surface area contributed by atoms with Crippen molar-refractivity contribution in [1.82, 2.24) is 0 Å². The summed E-state index contributed by atoms with van der Waals surface area (Å²) < 4.78 is 24.1. The lowest BCUT2D eigenvalue weighted by Gasteiger charge is -2.26. The van der Waals surface area contributed by atoms with Crippen LogP contribution in [0, 0.1) is 6.92 Å². The van der Waals surface area contributed by atoms with E-state index in [9.17, 15) is 13.2 Å². The molecule has 0 radical (unpaired) electrons. The van der Waals surface area contributed by atoms with E-state index in [1.807, 2.05) is 20.8 Å². The zero-order chi connectivity index (χ0) is 16.1. The number of ketones is 1. The number of hydrogen-bond donors (Lipinski definition) is 0. The molecule has 0 N–H and O–H groups in total. The number of Topliss-reactive ketones (excluding diaryl/α,β-unsaturated/α-hetero) is 1. The Morgan fingerprint density at radius 3 is 2.19 bits per heavy atom. The van der Waals surface area contributed by atoms with Crippen LogP contribution < -0.4 is 0 Å². The molecule has 0 fully saturated rings. The fraction of sp³-hybridized carbons (Fsp3) is 0.562. The van der Waals surface area contributed by atoms with E-state index in [-0.39, 0.29) is 23.5 Å². The van der Waals surface area contributed by atoms with E-state index < -0.39 is 14.0 Å². The number of carbonyl (C=O) groups excluding carboxylic acids is 1. The van der Waals surface area contributed by atoms with Gasteiger partial charge in [-0.2, -0.15) is 0 Å². The monoisotopic (exact) mass is 330 g/mol. The van der Waals surface area contributed by atoms with E-state index in [0.717, 1.165) is 5.56 Å². The summed E-state index contributed by atoms with van der Waals surface area (Å²) in [7, 11) is -3.75. The van der Waals surface area contributed by atoms with Crippen LogP contribution in [-0.2, 0) is 14.6 Å². The van der Waals surface area contributed by atoms with Gasteiger partial charge in [0.25, 0.3) is 0 Å². The summed E-state index contributed by atoms with van der Waals surface area (Å²) in [6.07, 6.45) is 1.80. The zero-order valence-electron chi connectivity index (χ0n) is 12.9. The highest BCUT2D eigenvalue weighted by atomic mass is 35.5. The summed E-state index contributed by atoms with van der Waals surface area (Å²) in [6.45, 7) is 5.65. The van der Waals surface area contributed by atoms with Gasteiger partial charge in [0.05, 0.1) is 4.90 Å². The maximum atomic E-state index is 12.8. The molecule has 0 aliphatic carbocycles. The molecule has 0 unspecified atom stereocenters. The normalized spacial score (nSPS) is 14.7. The molecular formula is C16H23ClO3S. The van der Waals surface area contributed by atoms with Crippen LogP contribution in [0.15, 0.2) is 29.2 Å². The highest BCUT2D eigenvalue weighted by Crippen LogP contribution is 2.38. The molecular weight excluding hydrogens is 308 g/mol. The summed E-state index contributed by atoms with van der Waals surface area (Å²) >= 11 is 6.43. The molecule has 3 nitrogen and oxygen atoms in total. The van der Waals surface area contributed by atoms with Gasteiger partial charge < -0.3 is 0 Å². The molecule has 0 aliphatic heterocycles. The predicted octanol–water partition coefficient (Wildman–Crippen LogP) is 4.26. The van der Waals surface area contributed by atoms with Gasteiger partial charge in [-0.15, -0.1) is 11.6 Å². The van der Waals surface area contributed by atoms with E-state index in [2.05, 4.69) is 0 Å². The molecule has 1 rings (SSSR count). The maximum absolute atomic E-state index is 12.8. The van der Waals surface area contributed by atoms with Gasteiger partial charge in [0.1, 0.15) is 5.78 Å². The van der Waals surface area contributed by atoms with E-state index >= 15 is 0 Å². The Morgan fingerprint density at radius 1 is 1.14 bits per heavy atom. The Kier molecular flexibility index (Phi) is 6.41. The van der Waals surface area contributed by atoms with Crippen LogP contribution in [0.25, 0.3) is 0 Å². The largest absolute Gasteiger partial charge is 0.300 e. The van der Waals surface area contributed by atoms with Gasteiger partial charge in [0, 0.05) is 12.8 Å². The molecule has 1 aromatic carbocycles. The van der Waals surface area contributed by atoms with Crippen LogP contribution in [0.5, 0.6) is 0 Å². The van der Waals surface area contributed by atoms with Crippen molar-refractivity contribution in [1.29, 1.82) is 0 Å². The van der Waals surface area contributed by atoms with Crippen molar-refractivity contribution in [2.45, 2.75) is 62.0 Å². The predicted molar refractivity (Wildman–Crippen MR) is 86.4 cm³/mol. The summed E-state index contributed by atoms with van der Waals surface area (Å²) in [4.78, 5) is 12.1. The van der Waals surface area contributed by atoms with Gasteiger partial charge in [0.2, 0.25) is 0 Å². The minimum atomic E-state index is -3.75. The molecule has 118 valence electrons. The third-order valence-corrected chi connectivity index (χ3v) is 6.56. The summed E-state index contributed by atoms with van der Waals surface area (Å²) in [5, 5.41) is 0. The Bertz CT molecular complexity index is 578. The molecule has 5 heteroatoms. The van der Waals surface area contributed by atoms with Crippen molar-refractivity contribution >= 4 is 27.2 Å². The minimum absolute atomic E-state index is 0.100. The molecule has 0 spiro atoms. The smallest absolute Gasteiger partial charge is 0.198 e. The Morgan fingerprint density at radius 2 is 1.71 bits per heavy atom. The van der Waals surface area contributed by atoms with Crippen molar-refractivity contribution in [3.63, 3.8) is 0 Å². The first-order valence-corrected chi connectivity index (χ1v) is 9.15. The number of rotatable bonds is 8. The van der Waals surface area contributed by atoms with Crippen molar-refractivity contribution < 1.29 is 13.2 Å². The lowest BCUT2D eigenvalue weighted by Crippen LogP contribution is -2.35. The fourth-order valence-electron chi connectivity index (χ4n) is 2.28. The van der Waals surface area contributed by atoms with E-state index in [0.29, 0.717) is 19.3 Å². The van der Waals surface area contributed by atoms with Crippen LogP contribution in [0.4, 0.5) is 0 Å². The second-order valence-electron chi connectivity index (χ2n) is 5.42. The zero-order valence-corrected chi connectivity index (χ0v) is 14.4. The minimum Gasteiger partial charge on any atom is -0.300 e. The Labute approximate surface area is 132 Å².